The zero-order valence-electron chi connectivity index (χ0n) is 20.8. The summed E-state index contributed by atoms with van der Waals surface area (Å²) in [7, 11) is 2.13. The summed E-state index contributed by atoms with van der Waals surface area (Å²) >= 11 is 1.43. The van der Waals surface area contributed by atoms with Crippen molar-refractivity contribution in [1.82, 2.24) is 29.6 Å². The number of carbonyl (C=O) groups excluding carboxylic acids is 1. The summed E-state index contributed by atoms with van der Waals surface area (Å²) in [5.41, 5.74) is 2.74. The van der Waals surface area contributed by atoms with Crippen molar-refractivity contribution in [2.24, 2.45) is 0 Å². The maximum absolute atomic E-state index is 13.7. The molecule has 1 aliphatic rings. The van der Waals surface area contributed by atoms with Crippen molar-refractivity contribution in [3.63, 3.8) is 0 Å². The highest BCUT2D eigenvalue weighted by molar-refractivity contribution is 7.24. The SMILES string of the molecule is C.Cc1cnc(CNC(=O)c2c(=O)c3ccc(N4CCCN(C)CC4)nc3n3c2sc2ccccc23)cn1. The lowest BCUT2D eigenvalue weighted by atomic mass is 10.1. The lowest BCUT2D eigenvalue weighted by molar-refractivity contribution is 0.0951. The molecule has 1 amide bonds. The molecule has 9 nitrogen and oxygen atoms in total. The first-order valence-corrected chi connectivity index (χ1v) is 13.2. The molecule has 0 bridgehead atoms. The molecule has 0 saturated carbocycles. The van der Waals surface area contributed by atoms with Crippen molar-refractivity contribution in [3.05, 3.63) is 76.0 Å². The van der Waals surface area contributed by atoms with Crippen LogP contribution in [0, 0.1) is 6.92 Å². The minimum atomic E-state index is -0.432. The molecule has 1 saturated heterocycles. The number of benzene rings is 1. The monoisotopic (exact) mass is 529 g/mol. The van der Waals surface area contributed by atoms with Gasteiger partial charge in [0.15, 0.2) is 5.65 Å². The van der Waals surface area contributed by atoms with Crippen molar-refractivity contribution in [2.75, 3.05) is 38.1 Å². The van der Waals surface area contributed by atoms with Crippen LogP contribution in [0.15, 0.2) is 53.6 Å². The zero-order chi connectivity index (χ0) is 25.5. The number of nitrogens with one attached hydrogen (secondary N) is 1. The summed E-state index contributed by atoms with van der Waals surface area (Å²) in [4.78, 5) is 45.9. The van der Waals surface area contributed by atoms with Gasteiger partial charge in [0.05, 0.1) is 39.7 Å². The Labute approximate surface area is 224 Å². The summed E-state index contributed by atoms with van der Waals surface area (Å²) in [6.07, 6.45) is 4.34. The van der Waals surface area contributed by atoms with Crippen molar-refractivity contribution in [2.45, 2.75) is 27.3 Å². The number of hydrogen-bond donors (Lipinski definition) is 1. The number of aryl methyl sites for hydroxylation is 1. The van der Waals surface area contributed by atoms with Crippen LogP contribution in [0.4, 0.5) is 5.82 Å². The van der Waals surface area contributed by atoms with Gasteiger partial charge < -0.3 is 15.1 Å². The third kappa shape index (κ3) is 4.61. The van der Waals surface area contributed by atoms with E-state index in [-0.39, 0.29) is 25.0 Å². The van der Waals surface area contributed by atoms with E-state index < -0.39 is 5.91 Å². The molecule has 5 aromatic rings. The Bertz CT molecular complexity index is 1690. The van der Waals surface area contributed by atoms with E-state index in [1.54, 1.807) is 12.4 Å². The van der Waals surface area contributed by atoms with Crippen molar-refractivity contribution in [1.29, 1.82) is 0 Å². The number of thiazole rings is 1. The molecule has 1 aromatic carbocycles. The Morgan fingerprint density at radius 3 is 2.71 bits per heavy atom. The van der Waals surface area contributed by atoms with E-state index in [1.165, 1.54) is 11.3 Å². The van der Waals surface area contributed by atoms with Crippen molar-refractivity contribution < 1.29 is 4.79 Å². The number of likely N-dealkylation sites (N-methyl/N-ethyl adjacent to an activating group) is 1. The van der Waals surface area contributed by atoms with Crippen LogP contribution >= 0.6 is 11.3 Å². The van der Waals surface area contributed by atoms with Crippen LogP contribution in [-0.4, -0.2) is 63.4 Å². The third-order valence-electron chi connectivity index (χ3n) is 6.81. The summed E-state index contributed by atoms with van der Waals surface area (Å²) < 4.78 is 2.95. The summed E-state index contributed by atoms with van der Waals surface area (Å²) in [6, 6.07) is 11.6. The van der Waals surface area contributed by atoms with Gasteiger partial charge in [0.1, 0.15) is 16.2 Å². The van der Waals surface area contributed by atoms with Gasteiger partial charge in [-0.25, -0.2) is 4.98 Å². The zero-order valence-corrected chi connectivity index (χ0v) is 21.6. The lowest BCUT2D eigenvalue weighted by Gasteiger charge is -2.22. The first-order valence-electron chi connectivity index (χ1n) is 12.4. The van der Waals surface area contributed by atoms with E-state index in [1.807, 2.05) is 47.7 Å². The first-order chi connectivity index (χ1) is 18.0. The van der Waals surface area contributed by atoms with Crippen LogP contribution in [0.25, 0.3) is 26.1 Å². The Morgan fingerprint density at radius 1 is 1.05 bits per heavy atom. The van der Waals surface area contributed by atoms with Crippen LogP contribution in [-0.2, 0) is 6.54 Å². The van der Waals surface area contributed by atoms with E-state index in [4.69, 9.17) is 4.98 Å². The second kappa shape index (κ2) is 10.5. The molecule has 38 heavy (non-hydrogen) atoms. The van der Waals surface area contributed by atoms with E-state index in [2.05, 4.69) is 32.1 Å². The Kier molecular flexibility index (Phi) is 7.09. The minimum absolute atomic E-state index is 0. The highest BCUT2D eigenvalue weighted by Crippen LogP contribution is 2.31. The standard InChI is InChI=1S/C27H27N7O2S.CH4/c1-17-14-29-18(15-28-17)16-30-26(36)23-24(35)19-8-9-22(33-11-5-10-32(2)12-13-33)31-25(19)34-20-6-3-4-7-21(20)37-27(23)34;/h3-4,6-9,14-15H,5,10-13,16H2,1-2H3,(H,30,36);1H4. The Hall–Kier alpha value is -3.89. The largest absolute Gasteiger partial charge is 0.355 e. The highest BCUT2D eigenvalue weighted by Gasteiger charge is 2.24. The molecule has 1 fully saturated rings. The lowest BCUT2D eigenvalue weighted by Crippen LogP contribution is -2.31. The minimum Gasteiger partial charge on any atom is -0.355 e. The van der Waals surface area contributed by atoms with Gasteiger partial charge in [-0.2, -0.15) is 0 Å². The molecule has 0 radical (unpaired) electrons. The molecule has 6 rings (SSSR count). The number of rotatable bonds is 4. The molecule has 0 atom stereocenters. The van der Waals surface area contributed by atoms with Gasteiger partial charge in [-0.15, -0.1) is 11.3 Å². The fourth-order valence-electron chi connectivity index (χ4n) is 4.80. The normalized spacial score (nSPS) is 14.5. The summed E-state index contributed by atoms with van der Waals surface area (Å²) in [5, 5.41) is 3.30. The topological polar surface area (TPSA) is 95.7 Å². The van der Waals surface area contributed by atoms with Crippen molar-refractivity contribution in [3.8, 4) is 0 Å². The van der Waals surface area contributed by atoms with Gasteiger partial charge in [0, 0.05) is 25.8 Å². The summed E-state index contributed by atoms with van der Waals surface area (Å²) in [6.45, 7) is 5.83. The first kappa shape index (κ1) is 25.7. The maximum Gasteiger partial charge on any atom is 0.258 e. The Morgan fingerprint density at radius 2 is 1.89 bits per heavy atom. The molecule has 0 unspecified atom stereocenters. The van der Waals surface area contributed by atoms with E-state index in [0.29, 0.717) is 21.6 Å². The second-order valence-electron chi connectivity index (χ2n) is 9.43. The van der Waals surface area contributed by atoms with E-state index in [9.17, 15) is 9.59 Å². The molecule has 1 aliphatic heterocycles. The number of hydrogen-bond acceptors (Lipinski definition) is 8. The molecular weight excluding hydrogens is 498 g/mol. The average Bonchev–Trinajstić information content (AvgIpc) is 3.15. The van der Waals surface area contributed by atoms with Crippen LogP contribution in [0.3, 0.4) is 0 Å². The molecule has 5 heterocycles. The quantitative estimate of drug-likeness (QED) is 0.378. The highest BCUT2D eigenvalue weighted by atomic mass is 32.1. The molecule has 196 valence electrons. The van der Waals surface area contributed by atoms with Gasteiger partial charge in [-0.1, -0.05) is 19.6 Å². The maximum atomic E-state index is 13.7. The summed E-state index contributed by atoms with van der Waals surface area (Å²) in [5.74, 6) is 0.416. The molecule has 1 N–H and O–H groups in total. The van der Waals surface area contributed by atoms with Gasteiger partial charge in [-0.3, -0.25) is 24.0 Å². The molecular formula is C28H31N7O2S. The number of para-hydroxylation sites is 1. The number of fused-ring (bicyclic) bond motifs is 5. The number of anilines is 1. The average molecular weight is 530 g/mol. The third-order valence-corrected chi connectivity index (χ3v) is 7.95. The fraction of sp³-hybridized carbons (Fsp3) is 0.321. The number of pyridine rings is 2. The van der Waals surface area contributed by atoms with Crippen LogP contribution in [0.5, 0.6) is 0 Å². The molecule has 0 spiro atoms. The fourth-order valence-corrected chi connectivity index (χ4v) is 5.98. The van der Waals surface area contributed by atoms with Crippen LogP contribution < -0.4 is 15.6 Å². The smallest absolute Gasteiger partial charge is 0.258 e. The van der Waals surface area contributed by atoms with Crippen LogP contribution in [0.1, 0.15) is 35.6 Å². The predicted octanol–water partition coefficient (Wildman–Crippen LogP) is 3.87. The van der Waals surface area contributed by atoms with Gasteiger partial charge in [0.25, 0.3) is 5.91 Å². The molecule has 0 aliphatic carbocycles. The van der Waals surface area contributed by atoms with Gasteiger partial charge in [-0.05, 0) is 51.2 Å². The van der Waals surface area contributed by atoms with Gasteiger partial charge >= 0.3 is 0 Å². The van der Waals surface area contributed by atoms with Crippen LogP contribution in [0.2, 0.25) is 0 Å². The Balaban J connectivity index is 0.00000294. The molecule has 4 aromatic heterocycles. The molecule has 10 heteroatoms. The number of nitrogens with zero attached hydrogens (tertiary/aromatic N) is 6. The van der Waals surface area contributed by atoms with E-state index >= 15 is 0 Å². The predicted molar refractivity (Wildman–Crippen MR) is 153 cm³/mol. The number of aromatic nitrogens is 4. The van der Waals surface area contributed by atoms with Crippen molar-refractivity contribution >= 4 is 49.1 Å². The number of amides is 1. The number of carbonyl (C=O) groups is 1. The van der Waals surface area contributed by atoms with E-state index in [0.717, 1.165) is 54.3 Å². The van der Waals surface area contributed by atoms with Gasteiger partial charge in [0.2, 0.25) is 5.43 Å². The second-order valence-corrected chi connectivity index (χ2v) is 10.5.